The van der Waals surface area contributed by atoms with E-state index in [1.807, 2.05) is 0 Å². The fourth-order valence-electron chi connectivity index (χ4n) is 1.34. The maximum absolute atomic E-state index is 12.9. The first kappa shape index (κ1) is 9.92. The van der Waals surface area contributed by atoms with Crippen molar-refractivity contribution in [3.05, 3.63) is 24.0 Å². The second-order valence-corrected chi connectivity index (χ2v) is 3.17. The van der Waals surface area contributed by atoms with Crippen LogP contribution in [0.15, 0.2) is 18.2 Å². The van der Waals surface area contributed by atoms with Crippen LogP contribution in [0.2, 0.25) is 0 Å². The zero-order valence-electron chi connectivity index (χ0n) is 8.38. The molecule has 0 aliphatic rings. The third kappa shape index (κ3) is 2.24. The summed E-state index contributed by atoms with van der Waals surface area (Å²) in [7, 11) is 1.63. The molecule has 5 heteroatoms. The molecule has 2 N–H and O–H groups in total. The topological polar surface area (TPSA) is 49.9 Å². The number of imidazole rings is 1. The van der Waals surface area contributed by atoms with Gasteiger partial charge >= 0.3 is 0 Å². The van der Waals surface area contributed by atoms with Gasteiger partial charge in [0.05, 0.1) is 17.6 Å². The van der Waals surface area contributed by atoms with Crippen LogP contribution in [0.3, 0.4) is 0 Å². The van der Waals surface area contributed by atoms with Crippen LogP contribution in [0.5, 0.6) is 0 Å². The number of hydrogen-bond donors (Lipinski definition) is 2. The summed E-state index contributed by atoms with van der Waals surface area (Å²) < 4.78 is 17.8. The third-order valence-corrected chi connectivity index (χ3v) is 2.04. The van der Waals surface area contributed by atoms with Crippen molar-refractivity contribution in [3.63, 3.8) is 0 Å². The lowest BCUT2D eigenvalue weighted by Crippen LogP contribution is -2.08. The van der Waals surface area contributed by atoms with Crippen LogP contribution in [0, 0.1) is 5.82 Å². The maximum atomic E-state index is 12.9. The molecule has 0 aliphatic heterocycles. The molecular formula is C10H12FN3O. The van der Waals surface area contributed by atoms with Crippen LogP contribution < -0.4 is 5.32 Å². The number of benzene rings is 1. The summed E-state index contributed by atoms with van der Waals surface area (Å²) >= 11 is 0. The molecule has 0 radical (unpaired) electrons. The Balaban J connectivity index is 2.16. The Kier molecular flexibility index (Phi) is 2.82. The highest BCUT2D eigenvalue weighted by Crippen LogP contribution is 2.14. The summed E-state index contributed by atoms with van der Waals surface area (Å²) in [5.74, 6) is 0.363. The molecule has 0 saturated carbocycles. The number of methoxy groups -OCH3 is 1. The number of nitrogens with one attached hydrogen (secondary N) is 2. The number of fused-ring (bicyclic) bond motifs is 1. The lowest BCUT2D eigenvalue weighted by atomic mass is 10.3. The number of rotatable bonds is 4. The Hall–Kier alpha value is -1.62. The molecule has 1 aromatic carbocycles. The highest BCUT2D eigenvalue weighted by molar-refractivity contribution is 5.77. The van der Waals surface area contributed by atoms with Gasteiger partial charge in [-0.15, -0.1) is 0 Å². The highest BCUT2D eigenvalue weighted by atomic mass is 19.1. The van der Waals surface area contributed by atoms with Crippen LogP contribution in [0.1, 0.15) is 0 Å². The molecule has 2 rings (SSSR count). The Bertz CT molecular complexity index is 455. The minimum Gasteiger partial charge on any atom is -0.383 e. The largest absolute Gasteiger partial charge is 0.383 e. The molecule has 2 aromatic rings. The normalized spacial score (nSPS) is 10.8. The van der Waals surface area contributed by atoms with Crippen LogP contribution in [-0.2, 0) is 4.74 Å². The zero-order chi connectivity index (χ0) is 10.7. The van der Waals surface area contributed by atoms with Gasteiger partial charge in [-0.2, -0.15) is 0 Å². The first-order valence-electron chi connectivity index (χ1n) is 4.67. The Morgan fingerprint density at radius 1 is 1.53 bits per heavy atom. The number of ether oxygens (including phenoxy) is 1. The standard InChI is InChI=1S/C10H12FN3O/c1-15-5-4-12-10-13-8-3-2-7(11)6-9(8)14-10/h2-3,6H,4-5H2,1H3,(H2,12,13,14). The molecule has 1 heterocycles. The van der Waals surface area contributed by atoms with E-state index in [1.165, 1.54) is 12.1 Å². The fourth-order valence-corrected chi connectivity index (χ4v) is 1.34. The molecule has 0 atom stereocenters. The number of halogens is 1. The average molecular weight is 209 g/mol. The summed E-state index contributed by atoms with van der Waals surface area (Å²) in [5.41, 5.74) is 1.44. The number of aromatic amines is 1. The Morgan fingerprint density at radius 3 is 3.20 bits per heavy atom. The summed E-state index contributed by atoms with van der Waals surface area (Å²) in [6.07, 6.45) is 0. The number of hydrogen-bond acceptors (Lipinski definition) is 3. The minimum atomic E-state index is -0.269. The van der Waals surface area contributed by atoms with Crippen molar-refractivity contribution in [2.45, 2.75) is 0 Å². The van der Waals surface area contributed by atoms with E-state index >= 15 is 0 Å². The van der Waals surface area contributed by atoms with Crippen LogP contribution >= 0.6 is 0 Å². The van der Waals surface area contributed by atoms with Gasteiger partial charge in [0.15, 0.2) is 0 Å². The first-order valence-corrected chi connectivity index (χ1v) is 4.67. The lowest BCUT2D eigenvalue weighted by molar-refractivity contribution is 0.210. The molecular weight excluding hydrogens is 197 g/mol. The van der Waals surface area contributed by atoms with Crippen LogP contribution in [0.25, 0.3) is 11.0 Å². The monoisotopic (exact) mass is 209 g/mol. The average Bonchev–Trinajstić information content (AvgIpc) is 2.60. The van der Waals surface area contributed by atoms with Gasteiger partial charge in [-0.05, 0) is 18.2 Å². The quantitative estimate of drug-likeness (QED) is 0.754. The summed E-state index contributed by atoms with van der Waals surface area (Å²) in [6.45, 7) is 1.27. The Morgan fingerprint density at radius 2 is 2.40 bits per heavy atom. The molecule has 0 unspecified atom stereocenters. The van der Waals surface area contributed by atoms with E-state index in [9.17, 15) is 4.39 Å². The van der Waals surface area contributed by atoms with E-state index in [1.54, 1.807) is 13.2 Å². The predicted octanol–water partition coefficient (Wildman–Crippen LogP) is 1.76. The van der Waals surface area contributed by atoms with Gasteiger partial charge in [0.1, 0.15) is 5.82 Å². The number of H-pyrrole nitrogens is 1. The third-order valence-electron chi connectivity index (χ3n) is 2.04. The van der Waals surface area contributed by atoms with Crippen molar-refractivity contribution >= 4 is 17.0 Å². The van der Waals surface area contributed by atoms with Crippen LogP contribution in [-0.4, -0.2) is 30.2 Å². The van der Waals surface area contributed by atoms with Gasteiger partial charge in [-0.1, -0.05) is 0 Å². The van der Waals surface area contributed by atoms with Crippen molar-refractivity contribution in [1.29, 1.82) is 0 Å². The first-order chi connectivity index (χ1) is 7.29. The minimum absolute atomic E-state index is 0.269. The zero-order valence-corrected chi connectivity index (χ0v) is 8.38. The summed E-state index contributed by atoms with van der Waals surface area (Å²) in [6, 6.07) is 4.45. The second-order valence-electron chi connectivity index (χ2n) is 3.17. The van der Waals surface area contributed by atoms with Gasteiger partial charge in [0.25, 0.3) is 0 Å². The van der Waals surface area contributed by atoms with Gasteiger partial charge in [0.2, 0.25) is 5.95 Å². The van der Waals surface area contributed by atoms with E-state index in [2.05, 4.69) is 15.3 Å². The number of nitrogens with zero attached hydrogens (tertiary/aromatic N) is 1. The SMILES string of the molecule is COCCNc1nc2ccc(F)cc2[nH]1. The molecule has 80 valence electrons. The van der Waals surface area contributed by atoms with E-state index in [-0.39, 0.29) is 5.82 Å². The molecule has 15 heavy (non-hydrogen) atoms. The maximum Gasteiger partial charge on any atom is 0.201 e. The van der Waals surface area contributed by atoms with E-state index in [0.29, 0.717) is 24.6 Å². The van der Waals surface area contributed by atoms with Crippen LogP contribution in [0.4, 0.5) is 10.3 Å². The summed E-state index contributed by atoms with van der Waals surface area (Å²) in [5, 5.41) is 3.04. The van der Waals surface area contributed by atoms with Gasteiger partial charge in [0, 0.05) is 13.7 Å². The Labute approximate surface area is 86.5 Å². The van der Waals surface area contributed by atoms with Gasteiger partial charge < -0.3 is 15.0 Å². The predicted molar refractivity (Wildman–Crippen MR) is 56.4 cm³/mol. The molecule has 0 aliphatic carbocycles. The number of aromatic nitrogens is 2. The van der Waals surface area contributed by atoms with Crippen molar-refractivity contribution in [3.8, 4) is 0 Å². The van der Waals surface area contributed by atoms with Crippen molar-refractivity contribution in [2.24, 2.45) is 0 Å². The smallest absolute Gasteiger partial charge is 0.201 e. The van der Waals surface area contributed by atoms with Gasteiger partial charge in [-0.25, -0.2) is 9.37 Å². The second kappa shape index (κ2) is 4.27. The molecule has 0 amide bonds. The molecule has 0 saturated heterocycles. The number of anilines is 1. The van der Waals surface area contributed by atoms with Crippen molar-refractivity contribution in [2.75, 3.05) is 25.6 Å². The van der Waals surface area contributed by atoms with Gasteiger partial charge in [-0.3, -0.25) is 0 Å². The lowest BCUT2D eigenvalue weighted by Gasteiger charge is -1.99. The molecule has 0 spiro atoms. The fraction of sp³-hybridized carbons (Fsp3) is 0.300. The highest BCUT2D eigenvalue weighted by Gasteiger charge is 2.02. The molecule has 0 fully saturated rings. The molecule has 0 bridgehead atoms. The van der Waals surface area contributed by atoms with E-state index in [4.69, 9.17) is 4.74 Å². The van der Waals surface area contributed by atoms with E-state index < -0.39 is 0 Å². The van der Waals surface area contributed by atoms with Crippen molar-refractivity contribution in [1.82, 2.24) is 9.97 Å². The molecule has 1 aromatic heterocycles. The van der Waals surface area contributed by atoms with E-state index in [0.717, 1.165) is 5.52 Å². The summed E-state index contributed by atoms with van der Waals surface area (Å²) in [4.78, 5) is 7.21. The molecule has 4 nitrogen and oxygen atoms in total. The van der Waals surface area contributed by atoms with Crippen molar-refractivity contribution < 1.29 is 9.13 Å².